The summed E-state index contributed by atoms with van der Waals surface area (Å²) in [6.07, 6.45) is 3.35. The molecule has 1 saturated heterocycles. The summed E-state index contributed by atoms with van der Waals surface area (Å²) in [5.74, 6) is 0. The minimum Gasteiger partial charge on any atom is -0.473 e. The van der Waals surface area contributed by atoms with Crippen molar-refractivity contribution in [1.82, 2.24) is 4.31 Å². The second-order valence-corrected chi connectivity index (χ2v) is 4.69. The Hall–Kier alpha value is 0.230. The van der Waals surface area contributed by atoms with Crippen molar-refractivity contribution >= 4 is 46.2 Å². The molecule has 0 saturated carbocycles. The van der Waals surface area contributed by atoms with Gasteiger partial charge in [-0.2, -0.15) is 0 Å². The predicted molar refractivity (Wildman–Crippen MR) is 60.5 cm³/mol. The van der Waals surface area contributed by atoms with E-state index in [1.165, 1.54) is 6.42 Å². The standard InChI is InChI=1S/C7H11NO2S.2ClH/c9-7(10)11-5-1-2-6-3-4-8(6)11;;/h5-6H,1-4H2,(H,9,10);2*1H. The van der Waals surface area contributed by atoms with E-state index in [0.717, 1.165) is 19.4 Å². The average molecular weight is 246 g/mol. The van der Waals surface area contributed by atoms with Crippen molar-refractivity contribution in [3.63, 3.8) is 0 Å². The maximum absolute atomic E-state index is 10.7. The lowest BCUT2D eigenvalue weighted by Gasteiger charge is -2.43. The molecule has 2 aliphatic heterocycles. The highest BCUT2D eigenvalue weighted by Gasteiger charge is 2.34. The number of carboxylic acid groups (broad SMARTS) is 1. The Kier molecular flexibility index (Phi) is 5.29. The van der Waals surface area contributed by atoms with Gasteiger partial charge in [-0.3, -0.25) is 0 Å². The van der Waals surface area contributed by atoms with Gasteiger partial charge in [-0.05, 0) is 35.3 Å². The lowest BCUT2D eigenvalue weighted by molar-refractivity contribution is 0.196. The molecule has 2 aliphatic rings. The molecule has 2 heterocycles. The summed E-state index contributed by atoms with van der Waals surface area (Å²) in [5, 5.41) is 10.1. The minimum atomic E-state index is -0.658. The van der Waals surface area contributed by atoms with E-state index in [2.05, 4.69) is 4.31 Å². The van der Waals surface area contributed by atoms with Crippen LogP contribution in [0.4, 0.5) is 4.79 Å². The topological polar surface area (TPSA) is 40.5 Å². The maximum Gasteiger partial charge on any atom is 0.372 e. The molecule has 0 aromatic heterocycles. The molecule has 0 aliphatic carbocycles. The molecule has 3 nitrogen and oxygen atoms in total. The third kappa shape index (κ3) is 2.37. The van der Waals surface area contributed by atoms with Gasteiger partial charge in [-0.1, -0.05) is 0 Å². The largest absolute Gasteiger partial charge is 0.473 e. The molecule has 2 rings (SSSR count). The van der Waals surface area contributed by atoms with E-state index < -0.39 is 16.0 Å². The van der Waals surface area contributed by atoms with Crippen LogP contribution in [0.3, 0.4) is 0 Å². The molecule has 1 fully saturated rings. The Morgan fingerprint density at radius 3 is 2.54 bits per heavy atom. The second-order valence-electron chi connectivity index (χ2n) is 2.91. The number of rotatable bonds is 0. The SMILES string of the molecule is Cl.Cl.O=C(O)S1=CCCC2CCN21. The highest BCUT2D eigenvalue weighted by atomic mass is 35.5. The number of carbonyl (C=O) groups is 1. The Morgan fingerprint density at radius 1 is 1.46 bits per heavy atom. The zero-order valence-corrected chi connectivity index (χ0v) is 9.46. The smallest absolute Gasteiger partial charge is 0.372 e. The van der Waals surface area contributed by atoms with Crippen LogP contribution in [0.5, 0.6) is 0 Å². The summed E-state index contributed by atoms with van der Waals surface area (Å²) in [6, 6.07) is 0.583. The van der Waals surface area contributed by atoms with Gasteiger partial charge < -0.3 is 5.11 Å². The minimum absolute atomic E-state index is 0. The first kappa shape index (κ1) is 13.2. The Bertz CT molecular complexity index is 235. The van der Waals surface area contributed by atoms with Gasteiger partial charge in [0.1, 0.15) is 0 Å². The van der Waals surface area contributed by atoms with Crippen LogP contribution < -0.4 is 0 Å². The Balaban J connectivity index is 0.000000720. The molecule has 13 heavy (non-hydrogen) atoms. The van der Waals surface area contributed by atoms with E-state index >= 15 is 0 Å². The van der Waals surface area contributed by atoms with Gasteiger partial charge in [0.15, 0.2) is 0 Å². The van der Waals surface area contributed by atoms with Crippen LogP contribution in [-0.4, -0.2) is 32.7 Å². The molecule has 0 aromatic carbocycles. The van der Waals surface area contributed by atoms with Crippen LogP contribution in [-0.2, 0) is 0 Å². The van der Waals surface area contributed by atoms with Crippen molar-refractivity contribution in [2.24, 2.45) is 0 Å². The molecule has 2 atom stereocenters. The van der Waals surface area contributed by atoms with Crippen LogP contribution in [0.2, 0.25) is 0 Å². The molecule has 0 aromatic rings. The molecule has 78 valence electrons. The van der Waals surface area contributed by atoms with Gasteiger partial charge in [-0.15, -0.1) is 24.8 Å². The van der Waals surface area contributed by atoms with Crippen molar-refractivity contribution in [2.45, 2.75) is 25.3 Å². The number of hydrogen-bond donors (Lipinski definition) is 1. The molecular weight excluding hydrogens is 233 g/mol. The van der Waals surface area contributed by atoms with Crippen molar-refractivity contribution in [2.75, 3.05) is 6.54 Å². The summed E-state index contributed by atoms with van der Waals surface area (Å²) in [7, 11) is -0.559. The van der Waals surface area contributed by atoms with E-state index in [1.54, 1.807) is 0 Å². The Labute approximate surface area is 92.4 Å². The predicted octanol–water partition coefficient (Wildman–Crippen LogP) is 2.36. The summed E-state index contributed by atoms with van der Waals surface area (Å²) in [5.41, 5.74) is 0. The van der Waals surface area contributed by atoms with Crippen molar-refractivity contribution < 1.29 is 9.90 Å². The van der Waals surface area contributed by atoms with E-state index in [1.807, 2.05) is 5.37 Å². The molecule has 1 N–H and O–H groups in total. The number of halogens is 2. The van der Waals surface area contributed by atoms with Crippen molar-refractivity contribution in [1.29, 1.82) is 0 Å². The third-order valence-electron chi connectivity index (χ3n) is 2.30. The van der Waals surface area contributed by atoms with Gasteiger partial charge in [0.2, 0.25) is 0 Å². The van der Waals surface area contributed by atoms with Gasteiger partial charge in [-0.25, -0.2) is 9.10 Å². The fourth-order valence-corrected chi connectivity index (χ4v) is 3.33. The van der Waals surface area contributed by atoms with Crippen LogP contribution in [0.1, 0.15) is 19.3 Å². The monoisotopic (exact) mass is 245 g/mol. The first-order valence-corrected chi connectivity index (χ1v) is 5.09. The maximum atomic E-state index is 10.7. The highest BCUT2D eigenvalue weighted by molar-refractivity contribution is 8.25. The lowest BCUT2D eigenvalue weighted by atomic mass is 10.0. The fraction of sp³-hybridized carbons (Fsp3) is 0.714. The summed E-state index contributed by atoms with van der Waals surface area (Å²) >= 11 is 0. The first-order chi connectivity index (χ1) is 5.29. The number of nitrogens with zero attached hydrogens (tertiary/aromatic N) is 1. The molecule has 0 spiro atoms. The summed E-state index contributed by atoms with van der Waals surface area (Å²) in [4.78, 5) is 10.7. The van der Waals surface area contributed by atoms with Crippen LogP contribution in [0.25, 0.3) is 0 Å². The second kappa shape index (κ2) is 5.20. The molecule has 0 radical (unpaired) electrons. The number of hydrogen-bond acceptors (Lipinski definition) is 2. The van der Waals surface area contributed by atoms with Gasteiger partial charge in [0.25, 0.3) is 0 Å². The zero-order chi connectivity index (χ0) is 7.84. The first-order valence-electron chi connectivity index (χ1n) is 3.85. The van der Waals surface area contributed by atoms with Gasteiger partial charge >= 0.3 is 5.30 Å². The Morgan fingerprint density at radius 2 is 2.15 bits per heavy atom. The van der Waals surface area contributed by atoms with Crippen LogP contribution in [0, 0.1) is 0 Å². The average Bonchev–Trinajstić information content (AvgIpc) is 1.90. The van der Waals surface area contributed by atoms with E-state index in [-0.39, 0.29) is 24.8 Å². The normalized spacial score (nSPS) is 31.1. The summed E-state index contributed by atoms with van der Waals surface area (Å²) in [6.45, 7) is 0.983. The van der Waals surface area contributed by atoms with Crippen LogP contribution in [0.15, 0.2) is 0 Å². The zero-order valence-electron chi connectivity index (χ0n) is 7.01. The van der Waals surface area contributed by atoms with Crippen molar-refractivity contribution in [3.05, 3.63) is 0 Å². The highest BCUT2D eigenvalue weighted by Crippen LogP contribution is 2.37. The molecule has 2 unspecified atom stereocenters. The van der Waals surface area contributed by atoms with E-state index in [0.29, 0.717) is 6.04 Å². The molecule has 0 bridgehead atoms. The summed E-state index contributed by atoms with van der Waals surface area (Å²) < 4.78 is 2.10. The van der Waals surface area contributed by atoms with Gasteiger partial charge in [0, 0.05) is 12.6 Å². The lowest BCUT2D eigenvalue weighted by Crippen LogP contribution is -2.46. The quantitative estimate of drug-likeness (QED) is 0.667. The fourth-order valence-electron chi connectivity index (χ4n) is 1.60. The molecular formula is C7H13Cl2NO2S. The molecule has 6 heteroatoms. The van der Waals surface area contributed by atoms with Crippen LogP contribution >= 0.6 is 35.5 Å². The van der Waals surface area contributed by atoms with E-state index in [4.69, 9.17) is 5.11 Å². The number of fused-ring (bicyclic) bond motifs is 1. The van der Waals surface area contributed by atoms with Gasteiger partial charge in [0.05, 0.1) is 0 Å². The van der Waals surface area contributed by atoms with Crippen molar-refractivity contribution in [3.8, 4) is 0 Å². The van der Waals surface area contributed by atoms with E-state index in [9.17, 15) is 4.79 Å². The third-order valence-corrected chi connectivity index (χ3v) is 4.19. The molecule has 0 amide bonds.